The Kier molecular flexibility index (Phi) is 5.55. The van der Waals surface area contributed by atoms with Gasteiger partial charge in [-0.2, -0.15) is 16.9 Å². The number of rotatable bonds is 4. The number of nitrogens with one attached hydrogen (secondary N) is 2. The molecule has 29 heavy (non-hydrogen) atoms. The van der Waals surface area contributed by atoms with Crippen LogP contribution in [0.4, 0.5) is 10.2 Å². The maximum atomic E-state index is 13.0. The fourth-order valence-electron chi connectivity index (χ4n) is 2.97. The third-order valence-corrected chi connectivity index (χ3v) is 5.61. The first-order valence-corrected chi connectivity index (χ1v) is 10.3. The van der Waals surface area contributed by atoms with E-state index in [-0.39, 0.29) is 12.4 Å². The van der Waals surface area contributed by atoms with Crippen LogP contribution in [0, 0.1) is 5.82 Å². The maximum absolute atomic E-state index is 13.0. The van der Waals surface area contributed by atoms with Crippen molar-refractivity contribution in [3.05, 3.63) is 76.2 Å². The molecule has 0 radical (unpaired) electrons. The zero-order valence-electron chi connectivity index (χ0n) is 15.1. The van der Waals surface area contributed by atoms with Gasteiger partial charge in [0, 0.05) is 28.6 Å². The Morgan fingerprint density at radius 2 is 1.93 bits per heavy atom. The molecule has 2 N–H and O–H groups in total. The zero-order chi connectivity index (χ0) is 20.4. The minimum Gasteiger partial charge on any atom is -0.344 e. The number of fused-ring (bicyclic) bond motifs is 1. The number of nitrogens with zero attached hydrogens (tertiary/aromatic N) is 2. The predicted molar refractivity (Wildman–Crippen MR) is 110 cm³/mol. The van der Waals surface area contributed by atoms with Gasteiger partial charge in [0.05, 0.1) is 11.4 Å². The van der Waals surface area contributed by atoms with E-state index in [1.54, 1.807) is 46.8 Å². The molecule has 1 aromatic heterocycles. The molecular weight excluding hydrogens is 415 g/mol. The molecule has 0 saturated carbocycles. The van der Waals surface area contributed by atoms with Crippen molar-refractivity contribution < 1.29 is 14.0 Å². The number of thioether (sulfide) groups is 1. The summed E-state index contributed by atoms with van der Waals surface area (Å²) in [5.41, 5.74) is 3.15. The summed E-state index contributed by atoms with van der Waals surface area (Å²) in [7, 11) is 0. The lowest BCUT2D eigenvalue weighted by molar-refractivity contribution is -0.136. The largest absolute Gasteiger partial charge is 0.344 e. The third-order valence-electron chi connectivity index (χ3n) is 4.41. The second kappa shape index (κ2) is 8.26. The van der Waals surface area contributed by atoms with Gasteiger partial charge in [0.2, 0.25) is 0 Å². The van der Waals surface area contributed by atoms with Crippen molar-refractivity contribution in [2.45, 2.75) is 18.1 Å². The monoisotopic (exact) mass is 430 g/mol. The van der Waals surface area contributed by atoms with E-state index in [1.165, 1.54) is 12.1 Å². The number of amides is 2. The Bertz CT molecular complexity index is 1080. The van der Waals surface area contributed by atoms with Crippen molar-refractivity contribution in [3.63, 3.8) is 0 Å². The molecule has 148 valence electrons. The van der Waals surface area contributed by atoms with Crippen LogP contribution in [0.25, 0.3) is 5.69 Å². The molecule has 4 rings (SSSR count). The van der Waals surface area contributed by atoms with Gasteiger partial charge in [0.15, 0.2) is 0 Å². The molecule has 2 amide bonds. The Hall–Kier alpha value is -2.84. The second-order valence-corrected chi connectivity index (χ2v) is 7.84. The van der Waals surface area contributed by atoms with Gasteiger partial charge in [-0.25, -0.2) is 9.07 Å². The molecule has 2 heterocycles. The average molecular weight is 431 g/mol. The third kappa shape index (κ3) is 4.28. The Morgan fingerprint density at radius 3 is 2.69 bits per heavy atom. The lowest BCUT2D eigenvalue weighted by Crippen LogP contribution is -2.35. The van der Waals surface area contributed by atoms with Gasteiger partial charge >= 0.3 is 11.8 Å². The number of carbonyl (C=O) groups is 2. The number of anilines is 1. The van der Waals surface area contributed by atoms with E-state index in [9.17, 15) is 14.0 Å². The molecule has 1 aliphatic heterocycles. The Morgan fingerprint density at radius 1 is 1.14 bits per heavy atom. The number of hydrogen-bond acceptors (Lipinski definition) is 4. The van der Waals surface area contributed by atoms with Gasteiger partial charge < -0.3 is 10.6 Å². The number of aromatic nitrogens is 2. The van der Waals surface area contributed by atoms with Crippen LogP contribution in [0.3, 0.4) is 0 Å². The summed E-state index contributed by atoms with van der Waals surface area (Å²) in [5.74, 6) is -0.0406. The molecule has 3 aromatic rings. The number of benzene rings is 2. The minimum atomic E-state index is -0.796. The van der Waals surface area contributed by atoms with Crippen molar-refractivity contribution in [3.8, 4) is 5.69 Å². The van der Waals surface area contributed by atoms with Crippen LogP contribution in [-0.4, -0.2) is 21.6 Å². The van der Waals surface area contributed by atoms with Crippen molar-refractivity contribution in [2.24, 2.45) is 0 Å². The minimum absolute atomic E-state index is 0.119. The molecule has 0 spiro atoms. The normalized spacial score (nSPS) is 12.5. The first kappa shape index (κ1) is 19.5. The van der Waals surface area contributed by atoms with Crippen molar-refractivity contribution in [1.82, 2.24) is 15.1 Å². The Balaban J connectivity index is 1.51. The summed E-state index contributed by atoms with van der Waals surface area (Å²) in [6.45, 7) is 0.119. The van der Waals surface area contributed by atoms with Gasteiger partial charge in [0.25, 0.3) is 0 Å². The molecule has 1 aliphatic rings. The van der Waals surface area contributed by atoms with Crippen LogP contribution >= 0.6 is 23.4 Å². The van der Waals surface area contributed by atoms with E-state index in [0.29, 0.717) is 27.8 Å². The van der Waals surface area contributed by atoms with Crippen molar-refractivity contribution in [1.29, 1.82) is 0 Å². The van der Waals surface area contributed by atoms with Crippen molar-refractivity contribution in [2.75, 3.05) is 5.32 Å². The van der Waals surface area contributed by atoms with Crippen LogP contribution in [0.5, 0.6) is 0 Å². The first-order valence-electron chi connectivity index (χ1n) is 8.79. The van der Waals surface area contributed by atoms with Crippen LogP contribution in [-0.2, 0) is 27.6 Å². The lowest BCUT2D eigenvalue weighted by atomic mass is 10.2. The van der Waals surface area contributed by atoms with E-state index in [1.807, 2.05) is 6.07 Å². The maximum Gasteiger partial charge on any atom is 0.314 e. The molecule has 0 aliphatic carbocycles. The van der Waals surface area contributed by atoms with E-state index >= 15 is 0 Å². The molecule has 2 aromatic carbocycles. The molecule has 0 fully saturated rings. The highest BCUT2D eigenvalue weighted by molar-refractivity contribution is 7.98. The topological polar surface area (TPSA) is 76.0 Å². The first-order chi connectivity index (χ1) is 14.0. The van der Waals surface area contributed by atoms with Crippen LogP contribution in [0.15, 0.2) is 48.5 Å². The number of carbonyl (C=O) groups excluding carboxylic acids is 2. The highest BCUT2D eigenvalue weighted by atomic mass is 35.5. The van der Waals surface area contributed by atoms with Gasteiger partial charge in [-0.3, -0.25) is 9.59 Å². The quantitative estimate of drug-likeness (QED) is 0.619. The van der Waals surface area contributed by atoms with E-state index in [2.05, 4.69) is 15.7 Å². The smallest absolute Gasteiger partial charge is 0.314 e. The number of halogens is 2. The molecular formula is C20H16ClFN4O2S. The SMILES string of the molecule is O=C(NCc1ccc(F)cc1)C(=O)Nc1c2c(nn1-c1cccc(Cl)c1)CSC2. The highest BCUT2D eigenvalue weighted by Gasteiger charge is 2.26. The molecule has 0 bridgehead atoms. The summed E-state index contributed by atoms with van der Waals surface area (Å²) in [5, 5.41) is 10.3. The molecule has 0 unspecified atom stereocenters. The fourth-order valence-corrected chi connectivity index (χ4v) is 4.18. The Labute approximate surface area is 175 Å². The van der Waals surface area contributed by atoms with Crippen LogP contribution < -0.4 is 10.6 Å². The molecule has 6 nitrogen and oxygen atoms in total. The lowest BCUT2D eigenvalue weighted by Gasteiger charge is -2.11. The summed E-state index contributed by atoms with van der Waals surface area (Å²) < 4.78 is 14.6. The summed E-state index contributed by atoms with van der Waals surface area (Å²) in [6.07, 6.45) is 0. The summed E-state index contributed by atoms with van der Waals surface area (Å²) >= 11 is 7.78. The van der Waals surface area contributed by atoms with Gasteiger partial charge in [-0.1, -0.05) is 29.8 Å². The standard InChI is InChI=1S/C20H16ClFN4O2S/c21-13-2-1-3-15(8-13)26-18(16-10-29-11-17(16)25-26)24-20(28)19(27)23-9-12-4-6-14(22)7-5-12/h1-8H,9-11H2,(H,23,27)(H,24,28). The van der Waals surface area contributed by atoms with Crippen LogP contribution in [0.1, 0.15) is 16.8 Å². The molecule has 0 saturated heterocycles. The zero-order valence-corrected chi connectivity index (χ0v) is 16.7. The highest BCUT2D eigenvalue weighted by Crippen LogP contribution is 2.36. The molecule has 9 heteroatoms. The summed E-state index contributed by atoms with van der Waals surface area (Å²) in [4.78, 5) is 24.7. The van der Waals surface area contributed by atoms with Gasteiger partial charge in [-0.15, -0.1) is 0 Å². The van der Waals surface area contributed by atoms with Gasteiger partial charge in [-0.05, 0) is 35.9 Å². The molecule has 0 atom stereocenters. The van der Waals surface area contributed by atoms with Crippen LogP contribution in [0.2, 0.25) is 5.02 Å². The fraction of sp³-hybridized carbons (Fsp3) is 0.150. The number of hydrogen-bond donors (Lipinski definition) is 2. The van der Waals surface area contributed by atoms with E-state index in [0.717, 1.165) is 17.0 Å². The predicted octanol–water partition coefficient (Wildman–Crippen LogP) is 3.67. The van der Waals surface area contributed by atoms with E-state index in [4.69, 9.17) is 11.6 Å². The van der Waals surface area contributed by atoms with E-state index < -0.39 is 11.8 Å². The summed E-state index contributed by atoms with van der Waals surface area (Å²) in [6, 6.07) is 12.8. The van der Waals surface area contributed by atoms with Gasteiger partial charge in [0.1, 0.15) is 11.6 Å². The second-order valence-electron chi connectivity index (χ2n) is 6.42. The average Bonchev–Trinajstić information content (AvgIpc) is 3.30. The van der Waals surface area contributed by atoms with Crippen molar-refractivity contribution >= 4 is 41.0 Å².